The van der Waals surface area contributed by atoms with Crippen LogP contribution in [0.25, 0.3) is 22.3 Å². The molecule has 6 rings (SSSR count). The lowest BCUT2D eigenvalue weighted by atomic mass is 10.1. The van der Waals surface area contributed by atoms with Gasteiger partial charge in [0.15, 0.2) is 5.82 Å². The van der Waals surface area contributed by atoms with E-state index in [9.17, 15) is 0 Å². The molecule has 0 radical (unpaired) electrons. The Hall–Kier alpha value is -3.89. The number of hydrogen-bond donors (Lipinski definition) is 1. The van der Waals surface area contributed by atoms with E-state index in [1.54, 1.807) is 24.8 Å². The summed E-state index contributed by atoms with van der Waals surface area (Å²) in [7, 11) is 0. The largest absolute Gasteiger partial charge is 0.378 e. The molecular weight excluding hydrogens is 456 g/mol. The standard InChI is InChI=1S/C26H28N8O2/c1-6-29-26(30-7-1)34-12-15-36-21(18-34)17-31-25-24-23(27-8-9-28-24)16-22(32-25)19-2-4-20(5-3-19)33-10-13-35-14-11-33/h1-9,16,21H,10-15,17-18H2,(H,31,32). The number of rotatable bonds is 6. The summed E-state index contributed by atoms with van der Waals surface area (Å²) in [4.78, 5) is 27.3. The van der Waals surface area contributed by atoms with Crippen molar-refractivity contribution in [3.8, 4) is 11.3 Å². The van der Waals surface area contributed by atoms with Crippen LogP contribution in [0.1, 0.15) is 0 Å². The molecular formula is C26H28N8O2. The third-order valence-electron chi connectivity index (χ3n) is 6.47. The van der Waals surface area contributed by atoms with Crippen LogP contribution in [0, 0.1) is 0 Å². The van der Waals surface area contributed by atoms with Crippen molar-refractivity contribution >= 4 is 28.5 Å². The highest BCUT2D eigenvalue weighted by molar-refractivity contribution is 5.88. The summed E-state index contributed by atoms with van der Waals surface area (Å²) >= 11 is 0. The second kappa shape index (κ2) is 10.4. The van der Waals surface area contributed by atoms with Crippen LogP contribution in [0.5, 0.6) is 0 Å². The molecule has 0 saturated carbocycles. The Morgan fingerprint density at radius 3 is 2.47 bits per heavy atom. The fourth-order valence-electron chi connectivity index (χ4n) is 4.60. The van der Waals surface area contributed by atoms with Crippen LogP contribution in [0.2, 0.25) is 0 Å². The Labute approximate surface area is 209 Å². The number of morpholine rings is 2. The number of pyridine rings is 1. The van der Waals surface area contributed by atoms with Gasteiger partial charge in [0.25, 0.3) is 0 Å². The van der Waals surface area contributed by atoms with Crippen LogP contribution in [-0.4, -0.2) is 83.6 Å². The van der Waals surface area contributed by atoms with E-state index in [4.69, 9.17) is 14.5 Å². The highest BCUT2D eigenvalue weighted by Gasteiger charge is 2.23. The summed E-state index contributed by atoms with van der Waals surface area (Å²) < 4.78 is 11.5. The quantitative estimate of drug-likeness (QED) is 0.439. The fourth-order valence-corrected chi connectivity index (χ4v) is 4.60. The van der Waals surface area contributed by atoms with E-state index in [0.29, 0.717) is 25.5 Å². The van der Waals surface area contributed by atoms with Gasteiger partial charge in [-0.05, 0) is 24.3 Å². The number of anilines is 3. The molecule has 4 aromatic rings. The average Bonchev–Trinajstić information content (AvgIpc) is 2.97. The van der Waals surface area contributed by atoms with Gasteiger partial charge < -0.3 is 24.6 Å². The molecule has 1 atom stereocenters. The number of nitrogens with one attached hydrogen (secondary N) is 1. The van der Waals surface area contributed by atoms with Crippen LogP contribution in [0.4, 0.5) is 17.5 Å². The van der Waals surface area contributed by atoms with Gasteiger partial charge in [-0.1, -0.05) is 12.1 Å². The fraction of sp³-hybridized carbons (Fsp3) is 0.346. The van der Waals surface area contributed by atoms with Crippen LogP contribution < -0.4 is 15.1 Å². The topological polar surface area (TPSA) is 101 Å². The molecule has 1 unspecified atom stereocenters. The molecule has 0 amide bonds. The van der Waals surface area contributed by atoms with E-state index < -0.39 is 0 Å². The van der Waals surface area contributed by atoms with Gasteiger partial charge in [0, 0.05) is 68.8 Å². The molecule has 2 aliphatic rings. The molecule has 10 nitrogen and oxygen atoms in total. The Balaban J connectivity index is 1.21. The Morgan fingerprint density at radius 2 is 1.64 bits per heavy atom. The first kappa shape index (κ1) is 22.6. The van der Waals surface area contributed by atoms with E-state index in [-0.39, 0.29) is 6.10 Å². The molecule has 2 aliphatic heterocycles. The van der Waals surface area contributed by atoms with E-state index >= 15 is 0 Å². The first-order valence-corrected chi connectivity index (χ1v) is 12.3. The molecule has 5 heterocycles. The minimum Gasteiger partial charge on any atom is -0.378 e. The van der Waals surface area contributed by atoms with Gasteiger partial charge >= 0.3 is 0 Å². The van der Waals surface area contributed by atoms with Gasteiger partial charge in [-0.25, -0.2) is 19.9 Å². The smallest absolute Gasteiger partial charge is 0.225 e. The SMILES string of the molecule is c1cnc(N2CCOC(CNc3nc(-c4ccc(N5CCOCC5)cc4)cc4nccnc34)C2)nc1. The second-order valence-corrected chi connectivity index (χ2v) is 8.79. The van der Waals surface area contributed by atoms with Crippen molar-refractivity contribution in [3.05, 3.63) is 61.2 Å². The number of aromatic nitrogens is 5. The summed E-state index contributed by atoms with van der Waals surface area (Å²) in [5.74, 6) is 1.42. The third kappa shape index (κ3) is 4.91. The molecule has 1 N–H and O–H groups in total. The van der Waals surface area contributed by atoms with Gasteiger partial charge in [-0.2, -0.15) is 0 Å². The zero-order chi connectivity index (χ0) is 24.2. The minimum atomic E-state index is -0.0347. The predicted molar refractivity (Wildman–Crippen MR) is 138 cm³/mol. The van der Waals surface area contributed by atoms with Crippen LogP contribution in [0.3, 0.4) is 0 Å². The molecule has 36 heavy (non-hydrogen) atoms. The first-order chi connectivity index (χ1) is 17.8. The number of nitrogens with zero attached hydrogens (tertiary/aromatic N) is 7. The van der Waals surface area contributed by atoms with Gasteiger partial charge in [-0.15, -0.1) is 0 Å². The van der Waals surface area contributed by atoms with Gasteiger partial charge in [0.2, 0.25) is 5.95 Å². The van der Waals surface area contributed by atoms with Crippen LogP contribution in [0.15, 0.2) is 61.2 Å². The highest BCUT2D eigenvalue weighted by Crippen LogP contribution is 2.27. The molecule has 2 saturated heterocycles. The van der Waals surface area contributed by atoms with Crippen LogP contribution in [-0.2, 0) is 9.47 Å². The number of hydrogen-bond acceptors (Lipinski definition) is 10. The first-order valence-electron chi connectivity index (χ1n) is 12.3. The second-order valence-electron chi connectivity index (χ2n) is 8.79. The maximum absolute atomic E-state index is 6.01. The van der Waals surface area contributed by atoms with E-state index in [0.717, 1.165) is 61.1 Å². The molecule has 10 heteroatoms. The van der Waals surface area contributed by atoms with Gasteiger partial charge in [-0.3, -0.25) is 4.98 Å². The van der Waals surface area contributed by atoms with E-state index in [1.165, 1.54) is 5.69 Å². The van der Waals surface area contributed by atoms with Gasteiger partial charge in [0.05, 0.1) is 37.1 Å². The van der Waals surface area contributed by atoms with Crippen LogP contribution >= 0.6 is 0 Å². The molecule has 0 bridgehead atoms. The third-order valence-corrected chi connectivity index (χ3v) is 6.47. The normalized spacial score (nSPS) is 18.4. The number of ether oxygens (including phenoxy) is 2. The Morgan fingerprint density at radius 1 is 0.861 bits per heavy atom. The molecule has 0 aliphatic carbocycles. The summed E-state index contributed by atoms with van der Waals surface area (Å²) in [6, 6.07) is 12.3. The lowest BCUT2D eigenvalue weighted by Gasteiger charge is -2.33. The summed E-state index contributed by atoms with van der Waals surface area (Å²) in [6.45, 7) is 6.02. The summed E-state index contributed by atoms with van der Waals surface area (Å²) in [5, 5.41) is 3.47. The van der Waals surface area contributed by atoms with Crippen molar-refractivity contribution in [1.82, 2.24) is 24.9 Å². The minimum absolute atomic E-state index is 0.0347. The van der Waals surface area contributed by atoms with Gasteiger partial charge in [0.1, 0.15) is 5.52 Å². The van der Waals surface area contributed by atoms with E-state index in [2.05, 4.69) is 59.3 Å². The summed E-state index contributed by atoms with van der Waals surface area (Å²) in [6.07, 6.45) is 6.89. The molecule has 0 spiro atoms. The highest BCUT2D eigenvalue weighted by atomic mass is 16.5. The maximum Gasteiger partial charge on any atom is 0.225 e. The monoisotopic (exact) mass is 484 g/mol. The predicted octanol–water partition coefficient (Wildman–Crippen LogP) is 2.64. The molecule has 184 valence electrons. The molecule has 3 aromatic heterocycles. The van der Waals surface area contributed by atoms with E-state index in [1.807, 2.05) is 12.1 Å². The number of fused-ring (bicyclic) bond motifs is 1. The lowest BCUT2D eigenvalue weighted by molar-refractivity contribution is 0.0486. The average molecular weight is 485 g/mol. The van der Waals surface area contributed by atoms with Crippen molar-refractivity contribution < 1.29 is 9.47 Å². The number of benzene rings is 1. The van der Waals surface area contributed by atoms with Crippen molar-refractivity contribution in [3.63, 3.8) is 0 Å². The van der Waals surface area contributed by atoms with Crippen molar-refractivity contribution in [2.75, 3.05) is 67.7 Å². The van der Waals surface area contributed by atoms with Crippen molar-refractivity contribution in [2.24, 2.45) is 0 Å². The maximum atomic E-state index is 6.01. The summed E-state index contributed by atoms with van der Waals surface area (Å²) in [5.41, 5.74) is 4.62. The molecule has 2 fully saturated rings. The zero-order valence-corrected chi connectivity index (χ0v) is 20.0. The van der Waals surface area contributed by atoms with Crippen molar-refractivity contribution in [1.29, 1.82) is 0 Å². The Bertz CT molecular complexity index is 1300. The Kier molecular flexibility index (Phi) is 6.51. The molecule has 1 aromatic carbocycles. The van der Waals surface area contributed by atoms with Crippen molar-refractivity contribution in [2.45, 2.75) is 6.10 Å². The zero-order valence-electron chi connectivity index (χ0n) is 20.0. The lowest BCUT2D eigenvalue weighted by Crippen LogP contribution is -2.46.